The first-order chi connectivity index (χ1) is 17.8. The second-order valence-corrected chi connectivity index (χ2v) is 10.3. The Labute approximate surface area is 219 Å². The molecule has 9 heteroatoms. The van der Waals surface area contributed by atoms with Crippen LogP contribution in [-0.4, -0.2) is 54.7 Å². The van der Waals surface area contributed by atoms with Gasteiger partial charge in [-0.15, -0.1) is 0 Å². The zero-order valence-corrected chi connectivity index (χ0v) is 22.6. The van der Waals surface area contributed by atoms with E-state index in [0.29, 0.717) is 30.1 Å². The van der Waals surface area contributed by atoms with Crippen LogP contribution in [0.15, 0.2) is 24.3 Å². The van der Waals surface area contributed by atoms with Crippen LogP contribution in [0.3, 0.4) is 0 Å². The summed E-state index contributed by atoms with van der Waals surface area (Å²) in [5.41, 5.74) is 1.80. The number of nitrogens with one attached hydrogen (secondary N) is 2. The van der Waals surface area contributed by atoms with Gasteiger partial charge in [-0.1, -0.05) is 26.8 Å². The zero-order chi connectivity index (χ0) is 26.9. The van der Waals surface area contributed by atoms with Crippen LogP contribution in [-0.2, 0) is 9.59 Å². The van der Waals surface area contributed by atoms with E-state index in [1.165, 1.54) is 0 Å². The molecule has 202 valence electrons. The van der Waals surface area contributed by atoms with E-state index in [-0.39, 0.29) is 48.5 Å². The third-order valence-electron chi connectivity index (χ3n) is 6.89. The van der Waals surface area contributed by atoms with E-state index >= 15 is 0 Å². The van der Waals surface area contributed by atoms with Crippen molar-refractivity contribution in [3.8, 4) is 22.8 Å². The highest BCUT2D eigenvalue weighted by atomic mass is 16.5. The van der Waals surface area contributed by atoms with Gasteiger partial charge in [0.15, 0.2) is 5.69 Å². The summed E-state index contributed by atoms with van der Waals surface area (Å²) in [4.78, 5) is 36.3. The molecule has 0 spiro atoms. The quantitative estimate of drug-likeness (QED) is 0.413. The number of carbonyl (C=O) groups excluding carboxylic acids is 3. The van der Waals surface area contributed by atoms with Crippen LogP contribution in [0, 0.1) is 11.8 Å². The third-order valence-corrected chi connectivity index (χ3v) is 6.89. The summed E-state index contributed by atoms with van der Waals surface area (Å²) in [6, 6.07) is 7.16. The second kappa shape index (κ2) is 13.3. The lowest BCUT2D eigenvalue weighted by Crippen LogP contribution is -2.40. The lowest BCUT2D eigenvalue weighted by molar-refractivity contribution is -0.123. The minimum absolute atomic E-state index is 0.0459. The maximum absolute atomic E-state index is 13.4. The van der Waals surface area contributed by atoms with Crippen LogP contribution in [0.2, 0.25) is 0 Å². The van der Waals surface area contributed by atoms with Crippen molar-refractivity contribution < 1.29 is 23.9 Å². The van der Waals surface area contributed by atoms with Crippen molar-refractivity contribution in [2.75, 3.05) is 20.8 Å². The Hall–Kier alpha value is -3.36. The Balaban J connectivity index is 1.96. The predicted octanol–water partition coefficient (Wildman–Crippen LogP) is 4.17. The van der Waals surface area contributed by atoms with Gasteiger partial charge in [0.2, 0.25) is 5.91 Å². The molecule has 1 saturated carbocycles. The number of ether oxygens (including phenoxy) is 2. The number of hydrogen-bond donors (Lipinski definition) is 2. The smallest absolute Gasteiger partial charge is 0.272 e. The van der Waals surface area contributed by atoms with Gasteiger partial charge >= 0.3 is 0 Å². The van der Waals surface area contributed by atoms with Crippen LogP contribution in [0.1, 0.15) is 75.8 Å². The van der Waals surface area contributed by atoms with E-state index in [0.717, 1.165) is 36.9 Å². The largest absolute Gasteiger partial charge is 0.496 e. The Morgan fingerprint density at radius 1 is 1.14 bits per heavy atom. The lowest BCUT2D eigenvalue weighted by Gasteiger charge is -2.28. The van der Waals surface area contributed by atoms with E-state index < -0.39 is 0 Å². The van der Waals surface area contributed by atoms with Crippen molar-refractivity contribution in [1.29, 1.82) is 0 Å². The fraction of sp³-hybridized carbons (Fsp3) is 0.571. The standard InChI is InChI=1S/C28H40N4O5/c1-18(2)15-20(16-26(34)29-13-14-33)30-28(35)22-17-23(27-24(36-4)7-6-8-25(27)37-5)32(31-22)21-11-9-19(3)10-12-21/h6-8,14,17-21H,9-13,15-16H2,1-5H3,(H,29,34)(H,30,35). The van der Waals surface area contributed by atoms with Gasteiger partial charge in [0.25, 0.3) is 5.91 Å². The van der Waals surface area contributed by atoms with Crippen molar-refractivity contribution in [3.63, 3.8) is 0 Å². The molecule has 37 heavy (non-hydrogen) atoms. The molecule has 1 aliphatic rings. The molecule has 9 nitrogen and oxygen atoms in total. The molecular weight excluding hydrogens is 472 g/mol. The number of amides is 2. The van der Waals surface area contributed by atoms with Gasteiger partial charge in [-0.25, -0.2) is 0 Å². The maximum Gasteiger partial charge on any atom is 0.272 e. The summed E-state index contributed by atoms with van der Waals surface area (Å²) in [7, 11) is 3.22. The van der Waals surface area contributed by atoms with Gasteiger partial charge in [0.05, 0.1) is 38.1 Å². The minimum atomic E-state index is -0.385. The summed E-state index contributed by atoms with van der Waals surface area (Å²) in [6.07, 6.45) is 5.49. The molecule has 1 aromatic heterocycles. The van der Waals surface area contributed by atoms with Crippen molar-refractivity contribution in [1.82, 2.24) is 20.4 Å². The van der Waals surface area contributed by atoms with Gasteiger partial charge < -0.3 is 24.9 Å². The maximum atomic E-state index is 13.4. The van der Waals surface area contributed by atoms with Gasteiger partial charge in [-0.2, -0.15) is 5.10 Å². The molecule has 1 atom stereocenters. The van der Waals surface area contributed by atoms with Crippen LogP contribution < -0.4 is 20.1 Å². The molecule has 0 aliphatic heterocycles. The fourth-order valence-corrected chi connectivity index (χ4v) is 5.03. The van der Waals surface area contributed by atoms with E-state index in [4.69, 9.17) is 14.6 Å². The van der Waals surface area contributed by atoms with Gasteiger partial charge in [0, 0.05) is 12.5 Å². The normalized spacial score (nSPS) is 18.2. The summed E-state index contributed by atoms with van der Waals surface area (Å²) in [5.74, 6) is 1.59. The van der Waals surface area contributed by atoms with Gasteiger partial charge in [-0.05, 0) is 62.1 Å². The Kier molecular flexibility index (Phi) is 10.1. The average molecular weight is 513 g/mol. The van der Waals surface area contributed by atoms with Gasteiger partial charge in [0.1, 0.15) is 17.8 Å². The number of benzene rings is 1. The number of nitrogens with zero attached hydrogens (tertiary/aromatic N) is 2. The lowest BCUT2D eigenvalue weighted by atomic mass is 9.87. The SMILES string of the molecule is COc1cccc(OC)c1-c1cc(C(=O)NC(CC(=O)NCC=O)CC(C)C)nn1C1CCC(C)CC1. The average Bonchev–Trinajstić information content (AvgIpc) is 3.32. The summed E-state index contributed by atoms with van der Waals surface area (Å²) >= 11 is 0. The van der Waals surface area contributed by atoms with Gasteiger partial charge in [-0.3, -0.25) is 14.3 Å². The third kappa shape index (κ3) is 7.33. The van der Waals surface area contributed by atoms with E-state index in [1.807, 2.05) is 36.7 Å². The molecule has 1 fully saturated rings. The molecule has 0 saturated heterocycles. The van der Waals surface area contributed by atoms with Crippen molar-refractivity contribution in [3.05, 3.63) is 30.0 Å². The van der Waals surface area contributed by atoms with E-state index in [2.05, 4.69) is 17.6 Å². The highest BCUT2D eigenvalue weighted by Crippen LogP contribution is 2.42. The number of rotatable bonds is 12. The van der Waals surface area contributed by atoms with Crippen LogP contribution >= 0.6 is 0 Å². The minimum Gasteiger partial charge on any atom is -0.496 e. The topological polar surface area (TPSA) is 112 Å². The summed E-state index contributed by atoms with van der Waals surface area (Å²) < 4.78 is 13.3. The molecule has 3 rings (SSSR count). The first-order valence-electron chi connectivity index (χ1n) is 13.1. The molecule has 0 bridgehead atoms. The molecule has 1 aromatic carbocycles. The molecule has 2 aromatic rings. The number of aldehydes is 1. The first kappa shape index (κ1) is 28.2. The number of hydrogen-bond acceptors (Lipinski definition) is 6. The second-order valence-electron chi connectivity index (χ2n) is 10.3. The number of aromatic nitrogens is 2. The molecule has 1 aliphatic carbocycles. The molecule has 0 radical (unpaired) electrons. The Bertz CT molecular complexity index is 1050. The number of methoxy groups -OCH3 is 2. The van der Waals surface area contributed by atoms with E-state index in [1.54, 1.807) is 20.3 Å². The Morgan fingerprint density at radius 3 is 2.35 bits per heavy atom. The molecule has 1 heterocycles. The zero-order valence-electron chi connectivity index (χ0n) is 22.6. The summed E-state index contributed by atoms with van der Waals surface area (Å²) in [5, 5.41) is 10.3. The monoisotopic (exact) mass is 512 g/mol. The highest BCUT2D eigenvalue weighted by Gasteiger charge is 2.28. The van der Waals surface area contributed by atoms with Crippen LogP contribution in [0.4, 0.5) is 0 Å². The van der Waals surface area contributed by atoms with Crippen LogP contribution in [0.25, 0.3) is 11.3 Å². The van der Waals surface area contributed by atoms with Crippen molar-refractivity contribution >= 4 is 18.1 Å². The van der Waals surface area contributed by atoms with Crippen molar-refractivity contribution in [2.45, 2.75) is 71.4 Å². The van der Waals surface area contributed by atoms with E-state index in [9.17, 15) is 14.4 Å². The Morgan fingerprint density at radius 2 is 1.78 bits per heavy atom. The first-order valence-corrected chi connectivity index (χ1v) is 13.1. The predicted molar refractivity (Wildman–Crippen MR) is 142 cm³/mol. The fourth-order valence-electron chi connectivity index (χ4n) is 5.03. The molecule has 1 unspecified atom stereocenters. The summed E-state index contributed by atoms with van der Waals surface area (Å²) in [6.45, 7) is 6.29. The molecule has 2 N–H and O–H groups in total. The van der Waals surface area contributed by atoms with Crippen molar-refractivity contribution in [2.24, 2.45) is 11.8 Å². The highest BCUT2D eigenvalue weighted by molar-refractivity contribution is 5.94. The molecular formula is C28H40N4O5. The molecule has 2 amide bonds. The number of carbonyl (C=O) groups is 3. The van der Waals surface area contributed by atoms with Crippen LogP contribution in [0.5, 0.6) is 11.5 Å².